The molecule has 1 heterocycles. The van der Waals surface area contributed by atoms with Gasteiger partial charge in [-0.3, -0.25) is 9.59 Å². The zero-order valence-corrected chi connectivity index (χ0v) is 14.5. The van der Waals surface area contributed by atoms with E-state index >= 15 is 0 Å². The van der Waals surface area contributed by atoms with Gasteiger partial charge in [0.25, 0.3) is 5.91 Å². The van der Waals surface area contributed by atoms with Crippen LogP contribution >= 0.6 is 22.9 Å². The molecule has 0 atom stereocenters. The maximum Gasteiger partial charge on any atom is 0.252 e. The van der Waals surface area contributed by atoms with Crippen LogP contribution in [-0.2, 0) is 11.2 Å². The summed E-state index contributed by atoms with van der Waals surface area (Å²) in [6.07, 6.45) is 1.86. The highest BCUT2D eigenvalue weighted by molar-refractivity contribution is 7.15. The standard InChI is InChI=1S/C15H16ClFN4O2S/c1-2-3-13-20-21-15(24-13)19-12(22)6-7-18-14(23)10-5-4-9(17)8-11(10)16/h4-5,8H,2-3,6-7H2,1H3,(H,18,23)(H,19,21,22). The molecule has 128 valence electrons. The minimum atomic E-state index is -0.518. The number of nitrogens with zero attached hydrogens (tertiary/aromatic N) is 2. The van der Waals surface area contributed by atoms with Crippen molar-refractivity contribution in [2.45, 2.75) is 26.2 Å². The Morgan fingerprint density at radius 1 is 1.33 bits per heavy atom. The van der Waals surface area contributed by atoms with Crippen LogP contribution < -0.4 is 10.6 Å². The van der Waals surface area contributed by atoms with Crippen LogP contribution in [0.2, 0.25) is 5.02 Å². The van der Waals surface area contributed by atoms with Gasteiger partial charge in [0.15, 0.2) is 0 Å². The van der Waals surface area contributed by atoms with E-state index in [-0.39, 0.29) is 29.5 Å². The number of hydrogen-bond donors (Lipinski definition) is 2. The molecule has 0 bridgehead atoms. The van der Waals surface area contributed by atoms with Crippen molar-refractivity contribution in [2.75, 3.05) is 11.9 Å². The molecule has 6 nitrogen and oxygen atoms in total. The van der Waals surface area contributed by atoms with E-state index in [1.54, 1.807) is 0 Å². The number of aryl methyl sites for hydroxylation is 1. The van der Waals surface area contributed by atoms with E-state index in [0.29, 0.717) is 5.13 Å². The number of halogens is 2. The van der Waals surface area contributed by atoms with E-state index in [4.69, 9.17) is 11.6 Å². The normalized spacial score (nSPS) is 10.5. The van der Waals surface area contributed by atoms with Crippen molar-refractivity contribution in [3.63, 3.8) is 0 Å². The number of nitrogens with one attached hydrogen (secondary N) is 2. The van der Waals surface area contributed by atoms with Gasteiger partial charge in [-0.2, -0.15) is 0 Å². The molecule has 24 heavy (non-hydrogen) atoms. The first-order chi connectivity index (χ1) is 11.5. The Balaban J connectivity index is 1.78. The number of amides is 2. The predicted octanol–water partition coefficient (Wildman–Crippen LogP) is 3.04. The molecule has 2 aromatic rings. The lowest BCUT2D eigenvalue weighted by Crippen LogP contribution is -2.27. The molecule has 0 unspecified atom stereocenters. The summed E-state index contributed by atoms with van der Waals surface area (Å²) in [6, 6.07) is 3.51. The fourth-order valence-electron chi connectivity index (χ4n) is 1.86. The number of anilines is 1. The molecule has 9 heteroatoms. The van der Waals surface area contributed by atoms with Crippen LogP contribution in [0.25, 0.3) is 0 Å². The summed E-state index contributed by atoms with van der Waals surface area (Å²) in [7, 11) is 0. The van der Waals surface area contributed by atoms with Crippen molar-refractivity contribution in [1.82, 2.24) is 15.5 Å². The quantitative estimate of drug-likeness (QED) is 0.784. The minimum absolute atomic E-state index is 0.0225. The van der Waals surface area contributed by atoms with Gasteiger partial charge < -0.3 is 10.6 Å². The van der Waals surface area contributed by atoms with Crippen molar-refractivity contribution >= 4 is 39.9 Å². The summed E-state index contributed by atoms with van der Waals surface area (Å²) in [5, 5.41) is 14.4. The number of carbonyl (C=O) groups excluding carboxylic acids is 2. The number of hydrogen-bond acceptors (Lipinski definition) is 5. The molecule has 0 saturated carbocycles. The topological polar surface area (TPSA) is 84.0 Å². The first-order valence-electron chi connectivity index (χ1n) is 7.35. The molecule has 0 fully saturated rings. The monoisotopic (exact) mass is 370 g/mol. The Kier molecular flexibility index (Phi) is 6.62. The maximum atomic E-state index is 12.9. The van der Waals surface area contributed by atoms with E-state index in [0.717, 1.165) is 30.0 Å². The Morgan fingerprint density at radius 2 is 2.12 bits per heavy atom. The predicted molar refractivity (Wildman–Crippen MR) is 90.9 cm³/mol. The third-order valence-electron chi connectivity index (χ3n) is 2.99. The van der Waals surface area contributed by atoms with Crippen molar-refractivity contribution in [3.8, 4) is 0 Å². The Morgan fingerprint density at radius 3 is 2.83 bits per heavy atom. The Labute approximate surface area is 147 Å². The highest BCUT2D eigenvalue weighted by Gasteiger charge is 2.12. The van der Waals surface area contributed by atoms with Crippen LogP contribution in [0, 0.1) is 5.82 Å². The van der Waals surface area contributed by atoms with Gasteiger partial charge >= 0.3 is 0 Å². The van der Waals surface area contributed by atoms with Gasteiger partial charge in [0.05, 0.1) is 10.6 Å². The Hall–Kier alpha value is -2.06. The van der Waals surface area contributed by atoms with Gasteiger partial charge in [-0.1, -0.05) is 29.9 Å². The van der Waals surface area contributed by atoms with Gasteiger partial charge in [-0.25, -0.2) is 4.39 Å². The molecule has 0 aliphatic rings. The molecular weight excluding hydrogens is 355 g/mol. The smallest absolute Gasteiger partial charge is 0.252 e. The zero-order chi connectivity index (χ0) is 17.5. The summed E-state index contributed by atoms with van der Waals surface area (Å²) < 4.78 is 12.9. The third kappa shape index (κ3) is 5.24. The van der Waals surface area contributed by atoms with Crippen molar-refractivity contribution in [3.05, 3.63) is 39.6 Å². The van der Waals surface area contributed by atoms with E-state index in [9.17, 15) is 14.0 Å². The first kappa shape index (κ1) is 18.3. The molecule has 2 amide bonds. The summed E-state index contributed by atoms with van der Waals surface area (Å²) in [5.41, 5.74) is 0.159. The highest BCUT2D eigenvalue weighted by Crippen LogP contribution is 2.17. The summed E-state index contributed by atoms with van der Waals surface area (Å²) >= 11 is 7.14. The van der Waals surface area contributed by atoms with Gasteiger partial charge in [0.2, 0.25) is 11.0 Å². The molecule has 0 aliphatic heterocycles. The second-order valence-corrected chi connectivity index (χ2v) is 6.40. The van der Waals surface area contributed by atoms with Crippen molar-refractivity contribution in [1.29, 1.82) is 0 Å². The average Bonchev–Trinajstić information content (AvgIpc) is 2.94. The van der Waals surface area contributed by atoms with E-state index in [2.05, 4.69) is 20.8 Å². The van der Waals surface area contributed by atoms with Crippen LogP contribution in [0.4, 0.5) is 9.52 Å². The minimum Gasteiger partial charge on any atom is -0.351 e. The van der Waals surface area contributed by atoms with Gasteiger partial charge in [0.1, 0.15) is 10.8 Å². The maximum absolute atomic E-state index is 12.9. The SMILES string of the molecule is CCCc1nnc(NC(=O)CCNC(=O)c2ccc(F)cc2Cl)s1. The van der Waals surface area contributed by atoms with Gasteiger partial charge in [-0.05, 0) is 24.6 Å². The molecule has 0 aliphatic carbocycles. The summed E-state index contributed by atoms with van der Waals surface area (Å²) in [6.45, 7) is 2.16. The molecule has 0 spiro atoms. The fourth-order valence-corrected chi connectivity index (χ4v) is 2.97. The van der Waals surface area contributed by atoms with Crippen LogP contribution in [0.3, 0.4) is 0 Å². The van der Waals surface area contributed by atoms with Crippen molar-refractivity contribution in [2.24, 2.45) is 0 Å². The van der Waals surface area contributed by atoms with Crippen LogP contribution in [-0.4, -0.2) is 28.6 Å². The van der Waals surface area contributed by atoms with Crippen LogP contribution in [0.1, 0.15) is 35.1 Å². The largest absolute Gasteiger partial charge is 0.351 e. The lowest BCUT2D eigenvalue weighted by atomic mass is 10.2. The zero-order valence-electron chi connectivity index (χ0n) is 12.9. The van der Waals surface area contributed by atoms with E-state index in [1.165, 1.54) is 17.4 Å². The number of benzene rings is 1. The molecule has 1 aromatic carbocycles. The molecule has 0 radical (unpaired) electrons. The summed E-state index contributed by atoms with van der Waals surface area (Å²) in [4.78, 5) is 23.7. The van der Waals surface area contributed by atoms with Gasteiger partial charge in [0, 0.05) is 19.4 Å². The third-order valence-corrected chi connectivity index (χ3v) is 4.20. The molecule has 2 rings (SSSR count). The van der Waals surface area contributed by atoms with Crippen LogP contribution in [0.5, 0.6) is 0 Å². The van der Waals surface area contributed by atoms with Crippen molar-refractivity contribution < 1.29 is 14.0 Å². The number of rotatable bonds is 7. The lowest BCUT2D eigenvalue weighted by molar-refractivity contribution is -0.116. The Bertz CT molecular complexity index is 738. The average molecular weight is 371 g/mol. The molecule has 1 aromatic heterocycles. The summed E-state index contributed by atoms with van der Waals surface area (Å²) in [5.74, 6) is -1.26. The second-order valence-electron chi connectivity index (χ2n) is 4.93. The first-order valence-corrected chi connectivity index (χ1v) is 8.54. The van der Waals surface area contributed by atoms with E-state index in [1.807, 2.05) is 6.92 Å². The lowest BCUT2D eigenvalue weighted by Gasteiger charge is -2.06. The molecular formula is C15H16ClFN4O2S. The number of aromatic nitrogens is 2. The second kappa shape index (κ2) is 8.70. The van der Waals surface area contributed by atoms with Gasteiger partial charge in [-0.15, -0.1) is 10.2 Å². The highest BCUT2D eigenvalue weighted by atomic mass is 35.5. The number of carbonyl (C=O) groups is 2. The molecule has 2 N–H and O–H groups in total. The fraction of sp³-hybridized carbons (Fsp3) is 0.333. The van der Waals surface area contributed by atoms with Crippen LogP contribution in [0.15, 0.2) is 18.2 Å². The molecule has 0 saturated heterocycles. The van der Waals surface area contributed by atoms with E-state index < -0.39 is 11.7 Å².